The second kappa shape index (κ2) is 8.01. The molecular weight excluding hydrogens is 384 g/mol. The van der Waals surface area contributed by atoms with Crippen LogP contribution in [0.3, 0.4) is 0 Å². The lowest BCUT2D eigenvalue weighted by atomic mass is 9.78. The highest BCUT2D eigenvalue weighted by Crippen LogP contribution is 2.49. The third kappa shape index (κ3) is 3.20. The number of aryl methyl sites for hydroxylation is 2. The summed E-state index contributed by atoms with van der Waals surface area (Å²) in [5, 5.41) is 19.7. The van der Waals surface area contributed by atoms with Crippen molar-refractivity contribution in [1.29, 1.82) is 0 Å². The van der Waals surface area contributed by atoms with Gasteiger partial charge in [0.2, 0.25) is 0 Å². The quantitative estimate of drug-likeness (QED) is 0.753. The average molecular weight is 410 g/mol. The fraction of sp³-hybridized carbons (Fsp3) is 0.417. The number of ether oxygens (including phenoxy) is 2. The first-order valence-corrected chi connectivity index (χ1v) is 10.4. The van der Waals surface area contributed by atoms with Crippen LogP contribution in [-0.2, 0) is 25.7 Å². The van der Waals surface area contributed by atoms with E-state index >= 15 is 0 Å². The van der Waals surface area contributed by atoms with Crippen molar-refractivity contribution < 1.29 is 29.3 Å². The summed E-state index contributed by atoms with van der Waals surface area (Å²) in [5.74, 6) is -1.53. The number of methoxy groups -OCH3 is 2. The average Bonchev–Trinajstić information content (AvgIpc) is 2.76. The first kappa shape index (κ1) is 20.3. The second-order valence-electron chi connectivity index (χ2n) is 7.96. The Hall–Kier alpha value is -3.02. The summed E-state index contributed by atoms with van der Waals surface area (Å²) in [7, 11) is 2.95. The van der Waals surface area contributed by atoms with Crippen molar-refractivity contribution >= 4 is 11.9 Å². The second-order valence-corrected chi connectivity index (χ2v) is 7.96. The van der Waals surface area contributed by atoms with Crippen molar-refractivity contribution in [3.05, 3.63) is 45.5 Å². The minimum atomic E-state index is -1.05. The fourth-order valence-corrected chi connectivity index (χ4v) is 5.04. The Bertz CT molecular complexity index is 953. The largest absolute Gasteiger partial charge is 0.495 e. The molecule has 2 aliphatic carbocycles. The van der Waals surface area contributed by atoms with Crippen LogP contribution < -0.4 is 9.47 Å². The third-order valence-corrected chi connectivity index (χ3v) is 6.32. The lowest BCUT2D eigenvalue weighted by Crippen LogP contribution is -2.15. The van der Waals surface area contributed by atoms with Crippen LogP contribution >= 0.6 is 0 Å². The normalized spacial score (nSPS) is 15.1. The van der Waals surface area contributed by atoms with E-state index in [1.807, 2.05) is 0 Å². The number of benzene rings is 2. The topological polar surface area (TPSA) is 93.1 Å². The van der Waals surface area contributed by atoms with E-state index in [0.717, 1.165) is 73.6 Å². The van der Waals surface area contributed by atoms with Gasteiger partial charge in [-0.2, -0.15) is 0 Å². The molecule has 0 aliphatic heterocycles. The van der Waals surface area contributed by atoms with Crippen LogP contribution in [-0.4, -0.2) is 36.4 Å². The van der Waals surface area contributed by atoms with E-state index in [4.69, 9.17) is 9.47 Å². The Morgan fingerprint density at radius 3 is 1.40 bits per heavy atom. The van der Waals surface area contributed by atoms with E-state index in [2.05, 4.69) is 0 Å². The molecular formula is C24H26O6. The summed E-state index contributed by atoms with van der Waals surface area (Å²) in [4.78, 5) is 24.1. The van der Waals surface area contributed by atoms with Crippen molar-refractivity contribution in [3.8, 4) is 22.6 Å². The molecule has 2 aliphatic rings. The highest BCUT2D eigenvalue weighted by molar-refractivity contribution is 6.00. The molecule has 0 spiro atoms. The van der Waals surface area contributed by atoms with Crippen molar-refractivity contribution in [2.24, 2.45) is 0 Å². The number of hydrogen-bond acceptors (Lipinski definition) is 4. The standard InChI is InChI=1S/C24H26O6/c1-29-21-17(23(25)26)11-13-7-3-5-9-15(13)19(21)20-16-10-6-4-8-14(16)12-18(24(27)28)22(20)30-2/h11-12H,3-10H2,1-2H3,(H,25,26)(H,27,28). The van der Waals surface area contributed by atoms with Gasteiger partial charge in [0.25, 0.3) is 0 Å². The van der Waals surface area contributed by atoms with Gasteiger partial charge in [0, 0.05) is 11.1 Å². The number of carbonyl (C=O) groups is 2. The SMILES string of the molecule is COc1c(C(=O)O)cc2c(c1-c1c3c(cc(C(=O)O)c1OC)CCCC3)CCCC2. The molecule has 158 valence electrons. The van der Waals surface area contributed by atoms with Gasteiger partial charge in [0.15, 0.2) is 0 Å². The summed E-state index contributed by atoms with van der Waals surface area (Å²) >= 11 is 0. The van der Waals surface area contributed by atoms with E-state index in [-0.39, 0.29) is 22.6 Å². The molecule has 0 amide bonds. The van der Waals surface area contributed by atoms with Gasteiger partial charge in [-0.15, -0.1) is 0 Å². The molecule has 2 aromatic rings. The molecule has 0 unspecified atom stereocenters. The Morgan fingerprint density at radius 1 is 0.700 bits per heavy atom. The van der Waals surface area contributed by atoms with Gasteiger partial charge in [-0.3, -0.25) is 0 Å². The number of hydrogen-bond donors (Lipinski definition) is 2. The molecule has 4 rings (SSSR count). The third-order valence-electron chi connectivity index (χ3n) is 6.32. The minimum Gasteiger partial charge on any atom is -0.495 e. The van der Waals surface area contributed by atoms with Crippen LogP contribution in [0.4, 0.5) is 0 Å². The van der Waals surface area contributed by atoms with E-state index in [0.29, 0.717) is 11.1 Å². The molecule has 0 saturated carbocycles. The zero-order valence-corrected chi connectivity index (χ0v) is 17.3. The first-order valence-electron chi connectivity index (χ1n) is 10.4. The van der Waals surface area contributed by atoms with Crippen LogP contribution in [0.1, 0.15) is 68.7 Å². The molecule has 30 heavy (non-hydrogen) atoms. The van der Waals surface area contributed by atoms with Crippen molar-refractivity contribution in [3.63, 3.8) is 0 Å². The number of carboxylic acids is 2. The Morgan fingerprint density at radius 2 is 1.07 bits per heavy atom. The van der Waals surface area contributed by atoms with Gasteiger partial charge in [-0.25, -0.2) is 9.59 Å². The molecule has 0 radical (unpaired) electrons. The van der Waals surface area contributed by atoms with Gasteiger partial charge >= 0.3 is 11.9 Å². The molecule has 2 N–H and O–H groups in total. The number of carboxylic acid groups (broad SMARTS) is 2. The smallest absolute Gasteiger partial charge is 0.339 e. The summed E-state index contributed by atoms with van der Waals surface area (Å²) in [6.07, 6.45) is 7.21. The van der Waals surface area contributed by atoms with Crippen LogP contribution in [0.25, 0.3) is 11.1 Å². The van der Waals surface area contributed by atoms with E-state index < -0.39 is 11.9 Å². The first-order chi connectivity index (χ1) is 14.5. The predicted octanol–water partition coefficient (Wildman–Crippen LogP) is 4.52. The molecule has 0 heterocycles. The maximum Gasteiger partial charge on any atom is 0.339 e. The molecule has 6 heteroatoms. The van der Waals surface area contributed by atoms with Crippen molar-refractivity contribution in [2.45, 2.75) is 51.4 Å². The monoisotopic (exact) mass is 410 g/mol. The van der Waals surface area contributed by atoms with Gasteiger partial charge in [-0.05, 0) is 85.8 Å². The maximum atomic E-state index is 12.1. The lowest BCUT2D eigenvalue weighted by Gasteiger charge is -2.28. The highest BCUT2D eigenvalue weighted by atomic mass is 16.5. The number of fused-ring (bicyclic) bond motifs is 2. The van der Waals surface area contributed by atoms with E-state index in [9.17, 15) is 19.8 Å². The number of aromatic carboxylic acids is 2. The molecule has 0 aromatic heterocycles. The lowest BCUT2D eigenvalue weighted by molar-refractivity contribution is 0.0681. The molecule has 2 aromatic carbocycles. The minimum absolute atomic E-state index is 0.112. The molecule has 0 bridgehead atoms. The van der Waals surface area contributed by atoms with Gasteiger partial charge in [-0.1, -0.05) is 0 Å². The van der Waals surface area contributed by atoms with E-state index in [1.54, 1.807) is 12.1 Å². The highest BCUT2D eigenvalue weighted by Gasteiger charge is 2.32. The van der Waals surface area contributed by atoms with Gasteiger partial charge in [0.1, 0.15) is 22.6 Å². The van der Waals surface area contributed by atoms with Crippen LogP contribution in [0.15, 0.2) is 12.1 Å². The Kier molecular flexibility index (Phi) is 5.41. The van der Waals surface area contributed by atoms with Gasteiger partial charge < -0.3 is 19.7 Å². The summed E-state index contributed by atoms with van der Waals surface area (Å²) < 4.78 is 11.3. The van der Waals surface area contributed by atoms with Crippen LogP contribution in [0.5, 0.6) is 11.5 Å². The van der Waals surface area contributed by atoms with Crippen LogP contribution in [0, 0.1) is 0 Å². The van der Waals surface area contributed by atoms with Crippen LogP contribution in [0.2, 0.25) is 0 Å². The Balaban J connectivity index is 2.17. The molecule has 0 saturated heterocycles. The summed E-state index contributed by atoms with van der Waals surface area (Å²) in [6.45, 7) is 0. The van der Waals surface area contributed by atoms with E-state index in [1.165, 1.54) is 14.2 Å². The molecule has 6 nitrogen and oxygen atoms in total. The predicted molar refractivity (Wildman–Crippen MR) is 112 cm³/mol. The molecule has 0 fully saturated rings. The van der Waals surface area contributed by atoms with Crippen molar-refractivity contribution in [1.82, 2.24) is 0 Å². The fourth-order valence-electron chi connectivity index (χ4n) is 5.04. The maximum absolute atomic E-state index is 12.1. The summed E-state index contributed by atoms with van der Waals surface area (Å²) in [5.41, 5.74) is 5.73. The van der Waals surface area contributed by atoms with Gasteiger partial charge in [0.05, 0.1) is 14.2 Å². The zero-order valence-electron chi connectivity index (χ0n) is 17.3. The van der Waals surface area contributed by atoms with Crippen molar-refractivity contribution in [2.75, 3.05) is 14.2 Å². The zero-order chi connectivity index (χ0) is 21.4. The number of rotatable bonds is 5. The molecule has 0 atom stereocenters. The summed E-state index contributed by atoms with van der Waals surface area (Å²) in [6, 6.07) is 3.44. The Labute approximate surface area is 175 Å².